The van der Waals surface area contributed by atoms with E-state index in [0.717, 1.165) is 11.4 Å². The lowest BCUT2D eigenvalue weighted by Crippen LogP contribution is -1.79. The second kappa shape index (κ2) is 3.00. The highest BCUT2D eigenvalue weighted by Crippen LogP contribution is 2.45. The van der Waals surface area contributed by atoms with Crippen molar-refractivity contribution < 1.29 is 0 Å². The Hall–Kier alpha value is 0.340. The van der Waals surface area contributed by atoms with Gasteiger partial charge in [0.15, 0.2) is 0 Å². The van der Waals surface area contributed by atoms with Crippen molar-refractivity contribution in [1.29, 1.82) is 0 Å². The molecule has 0 amide bonds. The predicted molar refractivity (Wildman–Crippen MR) is 53.2 cm³/mol. The van der Waals surface area contributed by atoms with Crippen LogP contribution in [-0.2, 0) is 6.42 Å². The number of thioether (sulfide) groups is 1. The first-order valence-electron chi connectivity index (χ1n) is 3.23. The van der Waals surface area contributed by atoms with Crippen molar-refractivity contribution in [1.82, 2.24) is 0 Å². The zero-order chi connectivity index (χ0) is 7.84. The van der Waals surface area contributed by atoms with E-state index in [1.165, 1.54) is 14.6 Å². The summed E-state index contributed by atoms with van der Waals surface area (Å²) in [5, 5.41) is 0.826. The van der Waals surface area contributed by atoms with E-state index in [1.54, 1.807) is 11.8 Å². The van der Waals surface area contributed by atoms with Gasteiger partial charge in [-0.3, -0.25) is 0 Å². The summed E-state index contributed by atoms with van der Waals surface area (Å²) < 4.78 is 1.27. The lowest BCUT2D eigenvalue weighted by Gasteiger charge is -1.95. The molecule has 57 valence electrons. The van der Waals surface area contributed by atoms with Crippen molar-refractivity contribution in [3.05, 3.63) is 32.9 Å². The molecule has 0 fully saturated rings. The van der Waals surface area contributed by atoms with Crippen LogP contribution in [0.5, 0.6) is 0 Å². The minimum absolute atomic E-state index is 0.826. The molecule has 1 aliphatic heterocycles. The number of halogens is 2. The molecule has 1 aliphatic rings. The standard InChI is InChI=1S/C8H5BrClS/c9-8-4-5-3-6(10)1-2-7(5)11-8/h1-3H,4H2. The topological polar surface area (TPSA) is 0 Å². The van der Waals surface area contributed by atoms with E-state index in [4.69, 9.17) is 11.6 Å². The molecule has 11 heavy (non-hydrogen) atoms. The number of hydrogen-bond acceptors (Lipinski definition) is 1. The zero-order valence-electron chi connectivity index (χ0n) is 5.60. The summed E-state index contributed by atoms with van der Waals surface area (Å²) in [6.07, 6.45) is 1.00. The molecule has 0 nitrogen and oxygen atoms in total. The lowest BCUT2D eigenvalue weighted by atomic mass is 10.2. The first-order chi connectivity index (χ1) is 5.25. The first kappa shape index (κ1) is 7.96. The van der Waals surface area contributed by atoms with Crippen molar-refractivity contribution in [2.45, 2.75) is 11.3 Å². The average molecular weight is 249 g/mol. The number of fused-ring (bicyclic) bond motifs is 1. The molecular weight excluding hydrogens is 244 g/mol. The Bertz CT molecular complexity index is 287. The largest absolute Gasteiger partial charge is 0.105 e. The summed E-state index contributed by atoms with van der Waals surface area (Å²) in [7, 11) is 0. The predicted octanol–water partition coefficient (Wildman–Crippen LogP) is 3.87. The van der Waals surface area contributed by atoms with E-state index in [0.29, 0.717) is 0 Å². The van der Waals surface area contributed by atoms with Crippen LogP contribution in [0.15, 0.2) is 23.1 Å². The monoisotopic (exact) mass is 247 g/mol. The summed E-state index contributed by atoms with van der Waals surface area (Å²) in [4.78, 5) is 1.32. The van der Waals surface area contributed by atoms with Crippen LogP contribution in [-0.4, -0.2) is 0 Å². The molecule has 2 rings (SSSR count). The molecule has 0 saturated heterocycles. The summed E-state index contributed by atoms with van der Waals surface area (Å²) in [6.45, 7) is 0. The third-order valence-corrected chi connectivity index (χ3v) is 3.56. The summed E-state index contributed by atoms with van der Waals surface area (Å²) >= 11 is 11.1. The molecule has 0 N–H and O–H groups in total. The molecule has 0 saturated carbocycles. The van der Waals surface area contributed by atoms with Gasteiger partial charge in [-0.1, -0.05) is 27.5 Å². The van der Waals surface area contributed by atoms with Crippen LogP contribution in [0.4, 0.5) is 0 Å². The van der Waals surface area contributed by atoms with Crippen molar-refractivity contribution in [3.8, 4) is 0 Å². The van der Waals surface area contributed by atoms with E-state index in [2.05, 4.69) is 22.0 Å². The zero-order valence-corrected chi connectivity index (χ0v) is 8.76. The van der Waals surface area contributed by atoms with E-state index < -0.39 is 0 Å². The fourth-order valence-electron chi connectivity index (χ4n) is 1.09. The van der Waals surface area contributed by atoms with Crippen molar-refractivity contribution in [3.63, 3.8) is 0 Å². The maximum absolute atomic E-state index is 5.84. The summed E-state index contributed by atoms with van der Waals surface area (Å²) in [5.74, 6) is 0. The lowest BCUT2D eigenvalue weighted by molar-refractivity contribution is 1.20. The molecule has 1 radical (unpaired) electrons. The van der Waals surface area contributed by atoms with Gasteiger partial charge < -0.3 is 0 Å². The minimum atomic E-state index is 0.826. The van der Waals surface area contributed by atoms with Gasteiger partial charge in [0.2, 0.25) is 0 Å². The smallest absolute Gasteiger partial charge is 0.105 e. The molecule has 0 aliphatic carbocycles. The van der Waals surface area contributed by atoms with Crippen LogP contribution < -0.4 is 0 Å². The molecule has 0 atom stereocenters. The van der Waals surface area contributed by atoms with Crippen LogP contribution >= 0.6 is 39.3 Å². The quantitative estimate of drug-likeness (QED) is 0.672. The Morgan fingerprint density at radius 1 is 1.45 bits per heavy atom. The first-order valence-corrected chi connectivity index (χ1v) is 5.22. The van der Waals surface area contributed by atoms with Crippen LogP contribution in [0.2, 0.25) is 5.02 Å². The normalized spacial score (nSPS) is 16.9. The Balaban J connectivity index is 2.43. The van der Waals surface area contributed by atoms with Crippen LogP contribution in [0.3, 0.4) is 0 Å². The van der Waals surface area contributed by atoms with Gasteiger partial charge >= 0.3 is 0 Å². The molecule has 1 heterocycles. The minimum Gasteiger partial charge on any atom is -0.105 e. The number of rotatable bonds is 0. The molecule has 0 aromatic heterocycles. The van der Waals surface area contributed by atoms with E-state index in [1.807, 2.05) is 12.1 Å². The maximum atomic E-state index is 5.84. The third-order valence-electron chi connectivity index (χ3n) is 1.57. The highest BCUT2D eigenvalue weighted by atomic mass is 79.9. The SMILES string of the molecule is Clc1ccc2c(c1)C[C](Br)S2. The Kier molecular flexibility index (Phi) is 2.17. The fraction of sp³-hybridized carbons (Fsp3) is 0.125. The second-order valence-electron chi connectivity index (χ2n) is 2.39. The van der Waals surface area contributed by atoms with Gasteiger partial charge in [0.05, 0.1) is 0 Å². The summed E-state index contributed by atoms with van der Waals surface area (Å²) in [6, 6.07) is 6.02. The van der Waals surface area contributed by atoms with E-state index >= 15 is 0 Å². The molecule has 3 heteroatoms. The molecular formula is C8H5BrClS. The molecule has 0 bridgehead atoms. The van der Waals surface area contributed by atoms with Crippen molar-refractivity contribution >= 4 is 39.3 Å². The molecule has 1 aromatic rings. The van der Waals surface area contributed by atoms with Gasteiger partial charge in [0.1, 0.15) is 4.16 Å². The van der Waals surface area contributed by atoms with E-state index in [-0.39, 0.29) is 0 Å². The van der Waals surface area contributed by atoms with Gasteiger partial charge in [0.25, 0.3) is 0 Å². The molecule has 0 unspecified atom stereocenters. The van der Waals surface area contributed by atoms with Gasteiger partial charge in [-0.15, -0.1) is 11.8 Å². The highest BCUT2D eigenvalue weighted by molar-refractivity contribution is 9.13. The fourth-order valence-corrected chi connectivity index (χ4v) is 2.98. The van der Waals surface area contributed by atoms with Crippen LogP contribution in [0, 0.1) is 4.16 Å². The Labute approximate surface area is 83.4 Å². The molecule has 1 aromatic carbocycles. The average Bonchev–Trinajstić information content (AvgIpc) is 2.27. The summed E-state index contributed by atoms with van der Waals surface area (Å²) in [5.41, 5.74) is 1.33. The Morgan fingerprint density at radius 2 is 2.27 bits per heavy atom. The van der Waals surface area contributed by atoms with E-state index in [9.17, 15) is 0 Å². The van der Waals surface area contributed by atoms with Gasteiger partial charge in [-0.05, 0) is 23.8 Å². The van der Waals surface area contributed by atoms with Crippen LogP contribution in [0.1, 0.15) is 5.56 Å². The van der Waals surface area contributed by atoms with Gasteiger partial charge in [0, 0.05) is 16.3 Å². The number of hydrogen-bond donors (Lipinski definition) is 0. The molecule has 0 spiro atoms. The van der Waals surface area contributed by atoms with Crippen LogP contribution in [0.25, 0.3) is 0 Å². The highest BCUT2D eigenvalue weighted by Gasteiger charge is 2.20. The number of benzene rings is 1. The van der Waals surface area contributed by atoms with Gasteiger partial charge in [-0.2, -0.15) is 0 Å². The second-order valence-corrected chi connectivity index (χ2v) is 5.44. The van der Waals surface area contributed by atoms with Gasteiger partial charge in [-0.25, -0.2) is 0 Å². The van der Waals surface area contributed by atoms with Crippen molar-refractivity contribution in [2.75, 3.05) is 0 Å². The Morgan fingerprint density at radius 3 is 3.09 bits per heavy atom. The third kappa shape index (κ3) is 1.58. The van der Waals surface area contributed by atoms with Crippen molar-refractivity contribution in [2.24, 2.45) is 0 Å². The maximum Gasteiger partial charge on any atom is 0.105 e.